The van der Waals surface area contributed by atoms with Crippen molar-refractivity contribution in [1.29, 1.82) is 0 Å². The van der Waals surface area contributed by atoms with E-state index in [0.717, 1.165) is 5.56 Å². The minimum atomic E-state index is -0.500. The lowest BCUT2D eigenvalue weighted by Crippen LogP contribution is -2.43. The number of aliphatic hydroxyl groups excluding tert-OH is 1. The van der Waals surface area contributed by atoms with Gasteiger partial charge in [0.15, 0.2) is 0 Å². The lowest BCUT2D eigenvalue weighted by molar-refractivity contribution is -0.141. The first-order valence-corrected chi connectivity index (χ1v) is 6.36. The third-order valence-electron chi connectivity index (χ3n) is 2.87. The van der Waals surface area contributed by atoms with Gasteiger partial charge in [0, 0.05) is 6.54 Å². The predicted molar refractivity (Wildman–Crippen MR) is 66.5 cm³/mol. The molecule has 0 spiro atoms. The highest BCUT2D eigenvalue weighted by Crippen LogP contribution is 2.26. The lowest BCUT2D eigenvalue weighted by Gasteiger charge is -2.32. The first kappa shape index (κ1) is 13.5. The van der Waals surface area contributed by atoms with Crippen molar-refractivity contribution in [3.63, 3.8) is 0 Å². The van der Waals surface area contributed by atoms with E-state index in [2.05, 4.69) is 15.9 Å². The molecule has 1 heterocycles. The highest BCUT2D eigenvalue weighted by atomic mass is 79.9. The molecule has 98 valence electrons. The summed E-state index contributed by atoms with van der Waals surface area (Å²) in [5.74, 6) is -0.651. The van der Waals surface area contributed by atoms with Gasteiger partial charge in [-0.25, -0.2) is 4.39 Å². The molecule has 1 N–H and O–H groups in total. The van der Waals surface area contributed by atoms with Crippen LogP contribution in [-0.4, -0.2) is 42.2 Å². The van der Waals surface area contributed by atoms with Crippen LogP contribution in [0.3, 0.4) is 0 Å². The van der Waals surface area contributed by atoms with Crippen molar-refractivity contribution in [2.75, 3.05) is 26.3 Å². The van der Waals surface area contributed by atoms with Gasteiger partial charge >= 0.3 is 0 Å². The predicted octanol–water partition coefficient (Wildman–Crippen LogP) is 1.48. The largest absolute Gasteiger partial charge is 0.387 e. The average molecular weight is 318 g/mol. The van der Waals surface area contributed by atoms with E-state index >= 15 is 0 Å². The molecule has 0 unspecified atom stereocenters. The fourth-order valence-electron chi connectivity index (χ4n) is 1.89. The summed E-state index contributed by atoms with van der Waals surface area (Å²) >= 11 is 3.12. The van der Waals surface area contributed by atoms with Gasteiger partial charge in [-0.2, -0.15) is 0 Å². The number of halogens is 2. The first-order chi connectivity index (χ1) is 8.61. The maximum atomic E-state index is 13.1. The molecule has 1 aliphatic rings. The Labute approximate surface area is 112 Å². The molecule has 0 saturated carbocycles. The monoisotopic (exact) mass is 317 g/mol. The van der Waals surface area contributed by atoms with Crippen LogP contribution in [0.2, 0.25) is 0 Å². The van der Waals surface area contributed by atoms with Gasteiger partial charge in [0.25, 0.3) is 0 Å². The molecule has 2 rings (SSSR count). The van der Waals surface area contributed by atoms with Gasteiger partial charge in [-0.05, 0) is 33.6 Å². The van der Waals surface area contributed by atoms with Crippen molar-refractivity contribution in [1.82, 2.24) is 4.90 Å². The summed E-state index contributed by atoms with van der Waals surface area (Å²) in [6.07, 6.45) is -0.286. The van der Waals surface area contributed by atoms with E-state index in [1.165, 1.54) is 6.07 Å². The minimum Gasteiger partial charge on any atom is -0.387 e. The van der Waals surface area contributed by atoms with Crippen molar-refractivity contribution in [3.05, 3.63) is 34.1 Å². The summed E-state index contributed by atoms with van der Waals surface area (Å²) in [4.78, 5) is 13.0. The van der Waals surface area contributed by atoms with Crippen LogP contribution in [0.25, 0.3) is 0 Å². The van der Waals surface area contributed by atoms with Crippen LogP contribution in [0.4, 0.5) is 4.39 Å². The molecule has 1 aromatic rings. The van der Waals surface area contributed by atoms with Crippen molar-refractivity contribution in [2.45, 2.75) is 6.10 Å². The Morgan fingerprint density at radius 3 is 3.06 bits per heavy atom. The van der Waals surface area contributed by atoms with E-state index in [-0.39, 0.29) is 17.8 Å². The standard InChI is InChI=1S/C12H13BrFNO3/c13-9-5-8(1-2-10(9)14)11-6-15(3-4-18-11)12(17)7-16/h1-2,5,11,16H,3-4,6-7H2/t11-/m0/s1. The van der Waals surface area contributed by atoms with Crippen LogP contribution in [0.5, 0.6) is 0 Å². The van der Waals surface area contributed by atoms with Gasteiger partial charge in [0.05, 0.1) is 17.6 Å². The van der Waals surface area contributed by atoms with E-state index < -0.39 is 6.61 Å². The third kappa shape index (κ3) is 2.88. The number of amides is 1. The van der Waals surface area contributed by atoms with Crippen molar-refractivity contribution < 1.29 is 19.0 Å². The zero-order valence-electron chi connectivity index (χ0n) is 9.60. The van der Waals surface area contributed by atoms with Gasteiger partial charge in [0.1, 0.15) is 18.5 Å². The number of nitrogens with zero attached hydrogens (tertiary/aromatic N) is 1. The molecule has 1 aliphatic heterocycles. The van der Waals surface area contributed by atoms with Gasteiger partial charge in [-0.15, -0.1) is 0 Å². The maximum absolute atomic E-state index is 13.1. The van der Waals surface area contributed by atoms with Gasteiger partial charge < -0.3 is 14.7 Å². The van der Waals surface area contributed by atoms with Crippen LogP contribution < -0.4 is 0 Å². The SMILES string of the molecule is O=C(CO)N1CCO[C@H](c2ccc(F)c(Br)c2)C1. The summed E-state index contributed by atoms with van der Waals surface area (Å²) in [6.45, 7) is 0.751. The molecule has 1 aromatic carbocycles. The van der Waals surface area contributed by atoms with Crippen LogP contribution in [0, 0.1) is 5.82 Å². The second-order valence-corrected chi connectivity index (χ2v) is 4.89. The molecule has 1 saturated heterocycles. The summed E-state index contributed by atoms with van der Waals surface area (Å²) in [7, 11) is 0. The summed E-state index contributed by atoms with van der Waals surface area (Å²) in [5.41, 5.74) is 0.804. The summed E-state index contributed by atoms with van der Waals surface area (Å²) in [6, 6.07) is 4.64. The molecular weight excluding hydrogens is 305 g/mol. The van der Waals surface area contributed by atoms with Crippen molar-refractivity contribution in [2.24, 2.45) is 0 Å². The van der Waals surface area contributed by atoms with E-state index in [1.807, 2.05) is 0 Å². The van der Waals surface area contributed by atoms with Crippen LogP contribution in [-0.2, 0) is 9.53 Å². The van der Waals surface area contributed by atoms with E-state index in [1.54, 1.807) is 17.0 Å². The third-order valence-corrected chi connectivity index (χ3v) is 3.48. The van der Waals surface area contributed by atoms with Crippen LogP contribution in [0.15, 0.2) is 22.7 Å². The van der Waals surface area contributed by atoms with E-state index in [9.17, 15) is 9.18 Å². The Bertz CT molecular complexity index is 455. The molecule has 1 fully saturated rings. The van der Waals surface area contributed by atoms with Crippen molar-refractivity contribution >= 4 is 21.8 Å². The number of morpholine rings is 1. The topological polar surface area (TPSA) is 49.8 Å². The molecule has 0 bridgehead atoms. The summed E-state index contributed by atoms with van der Waals surface area (Å²) in [5, 5.41) is 8.84. The Morgan fingerprint density at radius 2 is 2.39 bits per heavy atom. The molecule has 0 radical (unpaired) electrons. The number of benzene rings is 1. The Hall–Kier alpha value is -0.980. The number of rotatable bonds is 2. The molecule has 18 heavy (non-hydrogen) atoms. The first-order valence-electron chi connectivity index (χ1n) is 5.57. The number of aliphatic hydroxyl groups is 1. The number of carbonyl (C=O) groups is 1. The Morgan fingerprint density at radius 1 is 1.61 bits per heavy atom. The summed E-state index contributed by atoms with van der Waals surface area (Å²) < 4.78 is 19.1. The second-order valence-electron chi connectivity index (χ2n) is 4.03. The molecule has 1 amide bonds. The van der Waals surface area contributed by atoms with Crippen molar-refractivity contribution in [3.8, 4) is 0 Å². The maximum Gasteiger partial charge on any atom is 0.248 e. The fourth-order valence-corrected chi connectivity index (χ4v) is 2.29. The molecule has 0 aliphatic carbocycles. The van der Waals surface area contributed by atoms with E-state index in [0.29, 0.717) is 24.2 Å². The van der Waals surface area contributed by atoms with Gasteiger partial charge in [0.2, 0.25) is 5.91 Å². The quantitative estimate of drug-likeness (QED) is 0.899. The molecule has 6 heteroatoms. The van der Waals surface area contributed by atoms with Crippen LogP contribution in [0.1, 0.15) is 11.7 Å². The zero-order valence-corrected chi connectivity index (χ0v) is 11.2. The molecule has 0 aromatic heterocycles. The van der Waals surface area contributed by atoms with E-state index in [4.69, 9.17) is 9.84 Å². The second kappa shape index (κ2) is 5.77. The number of ether oxygens (including phenoxy) is 1. The zero-order chi connectivity index (χ0) is 13.1. The molecule has 4 nitrogen and oxygen atoms in total. The highest BCUT2D eigenvalue weighted by Gasteiger charge is 2.25. The lowest BCUT2D eigenvalue weighted by atomic mass is 10.1. The Kier molecular flexibility index (Phi) is 4.31. The van der Waals surface area contributed by atoms with Gasteiger partial charge in [-0.3, -0.25) is 4.79 Å². The smallest absolute Gasteiger partial charge is 0.248 e. The number of hydrogen-bond acceptors (Lipinski definition) is 3. The Balaban J connectivity index is 2.13. The molecular formula is C12H13BrFNO3. The fraction of sp³-hybridized carbons (Fsp3) is 0.417. The van der Waals surface area contributed by atoms with Gasteiger partial charge in [-0.1, -0.05) is 6.07 Å². The van der Waals surface area contributed by atoms with Crippen LogP contribution >= 0.6 is 15.9 Å². The molecule has 1 atom stereocenters. The normalized spacial score (nSPS) is 19.9. The number of hydrogen-bond donors (Lipinski definition) is 1. The highest BCUT2D eigenvalue weighted by molar-refractivity contribution is 9.10. The minimum absolute atomic E-state index is 0.286. The average Bonchev–Trinajstić information content (AvgIpc) is 2.41. The number of carbonyl (C=O) groups excluding carboxylic acids is 1.